The molecule has 2 aliphatic rings. The second-order valence-electron chi connectivity index (χ2n) is 18.3. The van der Waals surface area contributed by atoms with Gasteiger partial charge in [0, 0.05) is 57.0 Å². The number of carbonyl (C=O) groups is 4. The maximum Gasteiger partial charge on any atom is 0.246 e. The van der Waals surface area contributed by atoms with E-state index in [4.69, 9.17) is 5.73 Å². The Bertz CT molecular complexity index is 2200. The molecule has 2 fully saturated rings. The molecule has 0 saturated carbocycles. The van der Waals surface area contributed by atoms with Crippen molar-refractivity contribution in [2.45, 2.75) is 136 Å². The Balaban J connectivity index is 0.840. The lowest BCUT2D eigenvalue weighted by molar-refractivity contribution is -0.144. The molecule has 3 atom stereocenters. The van der Waals surface area contributed by atoms with Crippen LogP contribution in [0.2, 0.25) is 0 Å². The van der Waals surface area contributed by atoms with Crippen molar-refractivity contribution < 1.29 is 29.4 Å². The van der Waals surface area contributed by atoms with Gasteiger partial charge in [-0.25, -0.2) is 4.98 Å². The summed E-state index contributed by atoms with van der Waals surface area (Å²) in [6.45, 7) is 9.37. The molecule has 6 rings (SSSR count). The highest BCUT2D eigenvalue weighted by molar-refractivity contribution is 7.13. The van der Waals surface area contributed by atoms with Gasteiger partial charge in [-0.1, -0.05) is 89.3 Å². The number of aromatic hydroxyl groups is 1. The van der Waals surface area contributed by atoms with Crippen LogP contribution < -0.4 is 26.6 Å². The topological polar surface area (TPSA) is 216 Å². The molecule has 4 amide bonds. The highest BCUT2D eigenvalue weighted by Gasteiger charge is 2.44. The number of phenolic OH excluding ortho intramolecular Hbond substituents is 1. The summed E-state index contributed by atoms with van der Waals surface area (Å²) in [6, 6.07) is 15.2. The van der Waals surface area contributed by atoms with Crippen molar-refractivity contribution in [3.05, 3.63) is 71.4 Å². The van der Waals surface area contributed by atoms with Gasteiger partial charge in [-0.2, -0.15) is 0 Å². The van der Waals surface area contributed by atoms with E-state index >= 15 is 0 Å². The fourth-order valence-corrected chi connectivity index (χ4v) is 9.31. The van der Waals surface area contributed by atoms with E-state index in [9.17, 15) is 29.4 Å². The lowest BCUT2D eigenvalue weighted by atomic mass is 9.85. The Hall–Kier alpha value is -5.61. The number of anilines is 2. The van der Waals surface area contributed by atoms with Crippen LogP contribution in [0.4, 0.5) is 11.5 Å². The minimum atomic E-state index is -0.858. The Morgan fingerprint density at radius 2 is 1.56 bits per heavy atom. The van der Waals surface area contributed by atoms with Gasteiger partial charge in [0.2, 0.25) is 23.6 Å². The average Bonchev–Trinajstić information content (AvgIpc) is 3.89. The molecule has 2 aromatic heterocycles. The third-order valence-corrected chi connectivity index (χ3v) is 13.2. The third kappa shape index (κ3) is 13.0. The zero-order valence-corrected chi connectivity index (χ0v) is 38.5. The number of aliphatic hydroxyl groups excluding tert-OH is 1. The van der Waals surface area contributed by atoms with Crippen molar-refractivity contribution in [3.63, 3.8) is 0 Å². The molecule has 4 heterocycles. The Kier molecular flexibility index (Phi) is 16.7. The molecule has 64 heavy (non-hydrogen) atoms. The van der Waals surface area contributed by atoms with Gasteiger partial charge in [-0.05, 0) is 67.3 Å². The molecule has 7 N–H and O–H groups in total. The number of nitrogens with zero attached hydrogens (tertiary/aromatic N) is 5. The van der Waals surface area contributed by atoms with Crippen LogP contribution in [0, 0.1) is 12.3 Å². The molecule has 4 aromatic rings. The van der Waals surface area contributed by atoms with Crippen molar-refractivity contribution in [1.82, 2.24) is 36.0 Å². The van der Waals surface area contributed by atoms with Crippen molar-refractivity contribution in [2.24, 2.45) is 5.41 Å². The predicted molar refractivity (Wildman–Crippen MR) is 250 cm³/mol. The number of amides is 4. The highest BCUT2D eigenvalue weighted by atomic mass is 32.1. The van der Waals surface area contributed by atoms with Crippen LogP contribution in [-0.4, -0.2) is 97.8 Å². The number of hydrogen-bond acceptors (Lipinski definition) is 12. The summed E-state index contributed by atoms with van der Waals surface area (Å²) in [7, 11) is 0. The van der Waals surface area contributed by atoms with E-state index in [-0.39, 0.29) is 54.9 Å². The SMILES string of the molecule is Cc1ncsc1-c1ccc(CNC(=O)[C@H]2C[C@H](O)CN2C(=O)[C@H](NC(=O)CCCCCCCCCC(=O)NC2CCN(c3cc(-c4ccccc4O)nnc3N)CC2)C(C)(C)C)cc1. The number of unbranched alkanes of at least 4 members (excludes halogenated alkanes) is 6. The standard InChI is InChI=1S/C48H65N9O6S/c1-31-43(64-30-51-31)33-20-18-32(19-21-33)28-50-46(62)39-26-35(58)29-57(39)47(63)44(48(2,3)4)53-42(61)17-11-9-7-5-6-8-10-16-41(60)52-34-22-24-56(25-23-34)38-27-37(54-55-45(38)49)36-14-12-13-15-40(36)59/h12-15,18-21,27,30,34-35,39,44,58-59H,5-11,16-17,22-26,28-29H2,1-4H3,(H2,49,55)(H,50,62)(H,52,60)(H,53,61)/t35-,39+,44-/m0/s1. The molecule has 344 valence electrons. The Labute approximate surface area is 380 Å². The van der Waals surface area contributed by atoms with Gasteiger partial charge < -0.3 is 41.7 Å². The van der Waals surface area contributed by atoms with Crippen LogP contribution in [0.1, 0.15) is 109 Å². The maximum atomic E-state index is 14.0. The fourth-order valence-electron chi connectivity index (χ4n) is 8.50. The molecular weight excluding hydrogens is 831 g/mol. The first-order valence-electron chi connectivity index (χ1n) is 22.7. The largest absolute Gasteiger partial charge is 0.507 e. The van der Waals surface area contributed by atoms with Crippen molar-refractivity contribution in [3.8, 4) is 27.4 Å². The van der Waals surface area contributed by atoms with E-state index in [0.29, 0.717) is 36.3 Å². The number of carbonyl (C=O) groups excluding carboxylic acids is 4. The van der Waals surface area contributed by atoms with Crippen LogP contribution in [0.3, 0.4) is 0 Å². The molecule has 0 spiro atoms. The second-order valence-corrected chi connectivity index (χ2v) is 19.1. The number of benzene rings is 2. The number of nitrogens with one attached hydrogen (secondary N) is 3. The second kappa shape index (κ2) is 22.3. The number of aromatic nitrogens is 3. The number of thiazole rings is 1. The predicted octanol–water partition coefficient (Wildman–Crippen LogP) is 6.27. The minimum Gasteiger partial charge on any atom is -0.507 e. The van der Waals surface area contributed by atoms with E-state index in [0.717, 1.165) is 91.8 Å². The zero-order valence-electron chi connectivity index (χ0n) is 37.6. The number of hydrogen-bond donors (Lipinski definition) is 6. The number of rotatable bonds is 19. The lowest BCUT2D eigenvalue weighted by Crippen LogP contribution is -2.57. The number of aryl methyl sites for hydroxylation is 1. The molecule has 0 radical (unpaired) electrons. The van der Waals surface area contributed by atoms with Crippen LogP contribution >= 0.6 is 11.3 Å². The summed E-state index contributed by atoms with van der Waals surface area (Å²) in [5, 5.41) is 38.3. The number of β-amino-alcohol motifs (C(OH)–C–C–N with tert-alkyl or cyclic N) is 1. The molecule has 0 bridgehead atoms. The van der Waals surface area contributed by atoms with E-state index in [1.165, 1.54) is 4.90 Å². The van der Waals surface area contributed by atoms with Crippen molar-refractivity contribution in [2.75, 3.05) is 30.3 Å². The summed E-state index contributed by atoms with van der Waals surface area (Å²) in [4.78, 5) is 62.3. The number of nitrogen functional groups attached to an aromatic ring is 1. The first kappa shape index (κ1) is 47.9. The van der Waals surface area contributed by atoms with E-state index in [1.54, 1.807) is 29.5 Å². The Morgan fingerprint density at radius 3 is 2.20 bits per heavy atom. The molecule has 15 nitrogen and oxygen atoms in total. The van der Waals surface area contributed by atoms with Gasteiger partial charge in [0.25, 0.3) is 0 Å². The van der Waals surface area contributed by atoms with Crippen LogP contribution in [0.5, 0.6) is 5.75 Å². The fraction of sp³-hybridized carbons (Fsp3) is 0.521. The monoisotopic (exact) mass is 895 g/mol. The van der Waals surface area contributed by atoms with Gasteiger partial charge in [0.05, 0.1) is 33.6 Å². The van der Waals surface area contributed by atoms with E-state index in [1.807, 2.05) is 69.6 Å². The van der Waals surface area contributed by atoms with Crippen LogP contribution in [0.15, 0.2) is 60.1 Å². The molecule has 0 unspecified atom stereocenters. The highest BCUT2D eigenvalue weighted by Crippen LogP contribution is 2.33. The summed E-state index contributed by atoms with van der Waals surface area (Å²) in [6.07, 6.45) is 8.02. The van der Waals surface area contributed by atoms with Crippen molar-refractivity contribution >= 4 is 46.5 Å². The summed E-state index contributed by atoms with van der Waals surface area (Å²) >= 11 is 1.58. The summed E-state index contributed by atoms with van der Waals surface area (Å²) in [5.74, 6) is -0.377. The van der Waals surface area contributed by atoms with Crippen LogP contribution in [0.25, 0.3) is 21.7 Å². The molecule has 16 heteroatoms. The van der Waals surface area contributed by atoms with Crippen LogP contribution in [-0.2, 0) is 25.7 Å². The van der Waals surface area contributed by atoms with Gasteiger partial charge in [0.1, 0.15) is 17.8 Å². The van der Waals surface area contributed by atoms with Gasteiger partial charge in [0.15, 0.2) is 5.82 Å². The number of piperidine rings is 1. The van der Waals surface area contributed by atoms with Crippen molar-refractivity contribution in [1.29, 1.82) is 0 Å². The number of likely N-dealkylation sites (tertiary alicyclic amines) is 1. The van der Waals surface area contributed by atoms with Gasteiger partial charge in [-0.15, -0.1) is 21.5 Å². The van der Waals surface area contributed by atoms with Gasteiger partial charge >= 0.3 is 0 Å². The minimum absolute atomic E-state index is 0.0273. The number of para-hydroxylation sites is 1. The Morgan fingerprint density at radius 1 is 0.906 bits per heavy atom. The smallest absolute Gasteiger partial charge is 0.246 e. The summed E-state index contributed by atoms with van der Waals surface area (Å²) in [5.41, 5.74) is 12.3. The molecule has 2 saturated heterocycles. The number of phenols is 1. The normalized spacial score (nSPS) is 17.3. The zero-order chi connectivity index (χ0) is 45.8. The molecule has 2 aliphatic heterocycles. The third-order valence-electron chi connectivity index (χ3n) is 12.2. The van der Waals surface area contributed by atoms with E-state index < -0.39 is 23.6 Å². The van der Waals surface area contributed by atoms with E-state index in [2.05, 4.69) is 36.0 Å². The quantitative estimate of drug-likeness (QED) is 0.0577. The first-order valence-corrected chi connectivity index (χ1v) is 23.6. The molecule has 2 aromatic carbocycles. The first-order chi connectivity index (χ1) is 30.7. The maximum absolute atomic E-state index is 14.0. The average molecular weight is 896 g/mol. The number of aliphatic hydroxyl groups is 1. The molecular formula is C48H65N9O6S. The molecule has 0 aliphatic carbocycles. The lowest BCUT2D eigenvalue weighted by Gasteiger charge is -2.35. The summed E-state index contributed by atoms with van der Waals surface area (Å²) < 4.78 is 0. The van der Waals surface area contributed by atoms with Gasteiger partial charge in [-0.3, -0.25) is 19.2 Å². The number of nitrogens with two attached hydrogens (primary N) is 1.